The van der Waals surface area contributed by atoms with Gasteiger partial charge in [0.2, 0.25) is 0 Å². The summed E-state index contributed by atoms with van der Waals surface area (Å²) in [6.45, 7) is 3.41. The number of carbonyl (C=O) groups is 1. The van der Waals surface area contributed by atoms with Crippen molar-refractivity contribution in [2.45, 2.75) is 32.5 Å². The molecule has 0 saturated heterocycles. The quantitative estimate of drug-likeness (QED) is 0.457. The number of pyridine rings is 2. The Kier molecular flexibility index (Phi) is 5.67. The minimum Gasteiger partial charge on any atom is -0.456 e. The van der Waals surface area contributed by atoms with Crippen LogP contribution in [0.4, 0.5) is 13.2 Å². The third-order valence-corrected chi connectivity index (χ3v) is 4.67. The summed E-state index contributed by atoms with van der Waals surface area (Å²) in [5, 5.41) is -0.134. The maximum absolute atomic E-state index is 13.2. The molecule has 0 aliphatic rings. The highest BCUT2D eigenvalue weighted by atomic mass is 79.9. The van der Waals surface area contributed by atoms with Crippen LogP contribution in [0.15, 0.2) is 35.2 Å². The molecule has 0 fully saturated rings. The second kappa shape index (κ2) is 7.71. The van der Waals surface area contributed by atoms with Crippen molar-refractivity contribution in [3.05, 3.63) is 62.7 Å². The summed E-state index contributed by atoms with van der Waals surface area (Å²) in [5.74, 6) is -0.775. The molecule has 3 aromatic heterocycles. The van der Waals surface area contributed by atoms with Crippen LogP contribution in [-0.2, 0) is 17.5 Å². The molecule has 3 rings (SSSR count). The monoisotopic (exact) mass is 475 g/mol. The zero-order valence-corrected chi connectivity index (χ0v) is 17.1. The number of alkyl halides is 3. The standard InChI is InChI=1S/C18H14BrClF3N3O2/c1-9(2)15-14(8-28-17(27)10-3-12(19)6-24-5-10)26-7-11(18(21,22)23)4-13(20)16(26)25-15/h3-7,9H,8H2,1-2H3. The molecule has 3 aromatic rings. The molecule has 0 atom stereocenters. The van der Waals surface area contributed by atoms with Gasteiger partial charge in [0.1, 0.15) is 6.61 Å². The van der Waals surface area contributed by atoms with Crippen LogP contribution >= 0.6 is 27.5 Å². The first-order chi connectivity index (χ1) is 13.1. The molecule has 10 heteroatoms. The van der Waals surface area contributed by atoms with Crippen LogP contribution in [-0.4, -0.2) is 20.3 Å². The van der Waals surface area contributed by atoms with Gasteiger partial charge in [0.05, 0.1) is 27.5 Å². The van der Waals surface area contributed by atoms with Gasteiger partial charge in [-0.3, -0.25) is 9.38 Å². The van der Waals surface area contributed by atoms with E-state index >= 15 is 0 Å². The molecule has 0 N–H and O–H groups in total. The maximum Gasteiger partial charge on any atom is 0.417 e. The van der Waals surface area contributed by atoms with Crippen LogP contribution in [0.25, 0.3) is 5.65 Å². The van der Waals surface area contributed by atoms with Gasteiger partial charge in [0, 0.05) is 23.1 Å². The van der Waals surface area contributed by atoms with Crippen molar-refractivity contribution in [1.82, 2.24) is 14.4 Å². The number of esters is 1. The number of imidazole rings is 1. The first-order valence-electron chi connectivity index (χ1n) is 8.13. The summed E-state index contributed by atoms with van der Waals surface area (Å²) in [6.07, 6.45) is -0.817. The molecule has 0 radical (unpaired) electrons. The number of fused-ring (bicyclic) bond motifs is 1. The molecule has 0 aromatic carbocycles. The molecular weight excluding hydrogens is 463 g/mol. The van der Waals surface area contributed by atoms with E-state index < -0.39 is 17.7 Å². The lowest BCUT2D eigenvalue weighted by Crippen LogP contribution is -2.11. The van der Waals surface area contributed by atoms with E-state index in [1.54, 1.807) is 0 Å². The molecule has 0 spiro atoms. The predicted molar refractivity (Wildman–Crippen MR) is 100 cm³/mol. The van der Waals surface area contributed by atoms with Crippen LogP contribution in [0.3, 0.4) is 0 Å². The van der Waals surface area contributed by atoms with E-state index in [0.717, 1.165) is 12.3 Å². The summed E-state index contributed by atoms with van der Waals surface area (Å²) >= 11 is 9.24. The first-order valence-corrected chi connectivity index (χ1v) is 9.30. The van der Waals surface area contributed by atoms with Crippen molar-refractivity contribution in [2.24, 2.45) is 0 Å². The number of carbonyl (C=O) groups excluding carboxylic acids is 1. The lowest BCUT2D eigenvalue weighted by molar-refractivity contribution is -0.137. The lowest BCUT2D eigenvalue weighted by Gasteiger charge is -2.11. The topological polar surface area (TPSA) is 56.5 Å². The van der Waals surface area contributed by atoms with Crippen molar-refractivity contribution < 1.29 is 22.7 Å². The molecular formula is C18H14BrClF3N3O2. The third kappa shape index (κ3) is 4.15. The van der Waals surface area contributed by atoms with Gasteiger partial charge >= 0.3 is 12.1 Å². The Morgan fingerprint density at radius 1 is 1.32 bits per heavy atom. The number of aromatic nitrogens is 3. The Labute approximate surface area is 171 Å². The van der Waals surface area contributed by atoms with E-state index in [9.17, 15) is 18.0 Å². The van der Waals surface area contributed by atoms with Crippen molar-refractivity contribution >= 4 is 39.1 Å². The molecule has 0 unspecified atom stereocenters. The van der Waals surface area contributed by atoms with E-state index in [0.29, 0.717) is 15.9 Å². The maximum atomic E-state index is 13.2. The second-order valence-electron chi connectivity index (χ2n) is 6.33. The van der Waals surface area contributed by atoms with Crippen LogP contribution in [0.1, 0.15) is 47.1 Å². The van der Waals surface area contributed by atoms with Gasteiger partial charge in [-0.15, -0.1) is 0 Å². The number of hydrogen-bond acceptors (Lipinski definition) is 4. The number of halogens is 5. The Hall–Kier alpha value is -2.13. The normalized spacial score (nSPS) is 12.0. The average Bonchev–Trinajstić information content (AvgIpc) is 2.98. The average molecular weight is 477 g/mol. The number of rotatable bonds is 4. The van der Waals surface area contributed by atoms with Crippen molar-refractivity contribution in [3.8, 4) is 0 Å². The summed E-state index contributed by atoms with van der Waals surface area (Å²) in [6, 6.07) is 2.36. The Bertz CT molecular complexity index is 1050. The van der Waals surface area contributed by atoms with Gasteiger partial charge in [-0.25, -0.2) is 9.78 Å². The highest BCUT2D eigenvalue weighted by Gasteiger charge is 2.32. The highest BCUT2D eigenvalue weighted by Crippen LogP contribution is 2.34. The van der Waals surface area contributed by atoms with Crippen LogP contribution in [0.5, 0.6) is 0 Å². The zero-order valence-electron chi connectivity index (χ0n) is 14.7. The molecule has 0 bridgehead atoms. The van der Waals surface area contributed by atoms with Gasteiger partial charge in [0.25, 0.3) is 0 Å². The largest absolute Gasteiger partial charge is 0.456 e. The lowest BCUT2D eigenvalue weighted by atomic mass is 10.1. The smallest absolute Gasteiger partial charge is 0.417 e. The van der Waals surface area contributed by atoms with Crippen LogP contribution in [0.2, 0.25) is 5.02 Å². The number of nitrogens with zero attached hydrogens (tertiary/aromatic N) is 3. The van der Waals surface area contributed by atoms with E-state index in [-0.39, 0.29) is 28.8 Å². The Morgan fingerprint density at radius 3 is 2.64 bits per heavy atom. The van der Waals surface area contributed by atoms with Crippen LogP contribution in [0, 0.1) is 0 Å². The van der Waals surface area contributed by atoms with Gasteiger partial charge in [0.15, 0.2) is 5.65 Å². The fourth-order valence-corrected chi connectivity index (χ4v) is 3.29. The molecule has 3 heterocycles. The number of hydrogen-bond donors (Lipinski definition) is 0. The molecule has 0 aliphatic carbocycles. The Balaban J connectivity index is 2.01. The Morgan fingerprint density at radius 2 is 2.04 bits per heavy atom. The molecule has 0 aliphatic heterocycles. The van der Waals surface area contributed by atoms with Gasteiger partial charge in [-0.2, -0.15) is 13.2 Å². The van der Waals surface area contributed by atoms with Gasteiger partial charge in [-0.1, -0.05) is 25.4 Å². The third-order valence-electron chi connectivity index (χ3n) is 3.96. The van der Waals surface area contributed by atoms with Crippen molar-refractivity contribution in [1.29, 1.82) is 0 Å². The first kappa shape index (κ1) is 20.6. The summed E-state index contributed by atoms with van der Waals surface area (Å²) in [5.41, 5.74) is 0.300. The number of ether oxygens (including phenoxy) is 1. The van der Waals surface area contributed by atoms with Gasteiger partial charge in [-0.05, 0) is 34.0 Å². The van der Waals surface area contributed by atoms with E-state index in [4.69, 9.17) is 16.3 Å². The molecule has 0 saturated carbocycles. The molecule has 28 heavy (non-hydrogen) atoms. The highest BCUT2D eigenvalue weighted by molar-refractivity contribution is 9.10. The van der Waals surface area contributed by atoms with E-state index in [2.05, 4.69) is 25.9 Å². The van der Waals surface area contributed by atoms with E-state index in [1.807, 2.05) is 13.8 Å². The van der Waals surface area contributed by atoms with Gasteiger partial charge < -0.3 is 4.74 Å². The zero-order chi connectivity index (χ0) is 20.6. The van der Waals surface area contributed by atoms with Crippen LogP contribution < -0.4 is 0 Å². The second-order valence-corrected chi connectivity index (χ2v) is 7.66. The van der Waals surface area contributed by atoms with Crippen molar-refractivity contribution in [3.63, 3.8) is 0 Å². The SMILES string of the molecule is CC(C)c1nc2c(Cl)cc(C(F)(F)F)cn2c1COC(=O)c1cncc(Br)c1. The minimum absolute atomic E-state index is 0.119. The molecule has 148 valence electrons. The van der Waals surface area contributed by atoms with Crippen molar-refractivity contribution in [2.75, 3.05) is 0 Å². The molecule has 0 amide bonds. The fraction of sp³-hybridized carbons (Fsp3) is 0.278. The predicted octanol–water partition coefficient (Wildman–Crippen LogP) is 5.64. The summed E-state index contributed by atoms with van der Waals surface area (Å²) in [4.78, 5) is 20.5. The fourth-order valence-electron chi connectivity index (χ4n) is 2.67. The summed E-state index contributed by atoms with van der Waals surface area (Å²) < 4.78 is 46.7. The van der Waals surface area contributed by atoms with E-state index in [1.165, 1.54) is 22.9 Å². The minimum atomic E-state index is -4.57. The summed E-state index contributed by atoms with van der Waals surface area (Å²) in [7, 11) is 0. The molecule has 5 nitrogen and oxygen atoms in total.